The van der Waals surface area contributed by atoms with Crippen LogP contribution in [0.1, 0.15) is 60.8 Å². The number of β-lactam (4-membered cyclic amide) rings is 1. The average molecular weight is 420 g/mol. The number of ether oxygens (including phenoxy) is 2. The molecule has 0 aromatic carbocycles. The summed E-state index contributed by atoms with van der Waals surface area (Å²) in [6.07, 6.45) is -0.697. The Hall–Kier alpha value is -1.88. The highest BCUT2D eigenvalue weighted by Gasteiger charge is 2.65. The van der Waals surface area contributed by atoms with E-state index < -0.39 is 57.5 Å². The van der Waals surface area contributed by atoms with Crippen LogP contribution >= 0.6 is 0 Å². The molecule has 2 atom stereocenters. The second kappa shape index (κ2) is 6.87. The molecule has 11 heteroatoms. The van der Waals surface area contributed by atoms with Crippen LogP contribution in [-0.2, 0) is 29.4 Å². The second-order valence-electron chi connectivity index (χ2n) is 9.17. The van der Waals surface area contributed by atoms with Gasteiger partial charge < -0.3 is 14.4 Å². The van der Waals surface area contributed by atoms with Crippen LogP contribution in [0.2, 0.25) is 0 Å². The number of likely N-dealkylation sites (tertiary alicyclic amines) is 1. The second-order valence-corrected chi connectivity index (χ2v) is 10.4. The van der Waals surface area contributed by atoms with Gasteiger partial charge in [-0.2, -0.15) is 12.7 Å². The first-order valence-electron chi connectivity index (χ1n) is 9.00. The Kier molecular flexibility index (Phi) is 5.50. The van der Waals surface area contributed by atoms with Gasteiger partial charge >= 0.3 is 22.4 Å². The van der Waals surface area contributed by atoms with Crippen LogP contribution in [0.15, 0.2) is 0 Å². The number of carbonyl (C=O) groups excluding carboxylic acids is 3. The molecule has 160 valence electrons. The molecule has 28 heavy (non-hydrogen) atoms. The molecule has 10 nitrogen and oxygen atoms in total. The molecule has 0 spiro atoms. The minimum Gasteiger partial charge on any atom is -0.458 e. The lowest BCUT2D eigenvalue weighted by Crippen LogP contribution is -2.72. The Balaban J connectivity index is 2.28. The highest BCUT2D eigenvalue weighted by molar-refractivity contribution is 7.84. The molecule has 2 amide bonds. The first-order valence-corrected chi connectivity index (χ1v) is 10.4. The summed E-state index contributed by atoms with van der Waals surface area (Å²) < 4.78 is 43.8. The number of rotatable bonds is 4. The van der Waals surface area contributed by atoms with Gasteiger partial charge in [-0.15, -0.1) is 0 Å². The molecule has 2 rings (SSSR count). The summed E-state index contributed by atoms with van der Waals surface area (Å²) in [7, 11) is -4.97. The van der Waals surface area contributed by atoms with E-state index in [0.29, 0.717) is 13.0 Å². The minimum absolute atomic E-state index is 0.166. The Morgan fingerprint density at radius 2 is 1.68 bits per heavy atom. The van der Waals surface area contributed by atoms with Crippen molar-refractivity contribution >= 4 is 28.3 Å². The maximum absolute atomic E-state index is 12.8. The van der Waals surface area contributed by atoms with Crippen molar-refractivity contribution < 1.29 is 36.8 Å². The molecule has 2 aliphatic rings. The minimum atomic E-state index is -4.97. The van der Waals surface area contributed by atoms with E-state index in [1.807, 2.05) is 0 Å². The monoisotopic (exact) mass is 420 g/mol. The Labute approximate surface area is 165 Å². The molecule has 0 aliphatic carbocycles. The van der Waals surface area contributed by atoms with Gasteiger partial charge in [-0.25, -0.2) is 9.59 Å². The number of hydrogen-bond acceptors (Lipinski definition) is 7. The normalized spacial score (nSPS) is 25.7. The van der Waals surface area contributed by atoms with Gasteiger partial charge in [0.1, 0.15) is 11.2 Å². The summed E-state index contributed by atoms with van der Waals surface area (Å²) >= 11 is 0. The smallest absolute Gasteiger partial charge is 0.410 e. The molecule has 2 heterocycles. The van der Waals surface area contributed by atoms with Crippen LogP contribution in [0.4, 0.5) is 4.79 Å². The van der Waals surface area contributed by atoms with Crippen LogP contribution in [0.25, 0.3) is 0 Å². The van der Waals surface area contributed by atoms with Crippen molar-refractivity contribution in [2.75, 3.05) is 6.54 Å². The van der Waals surface area contributed by atoms with E-state index in [4.69, 9.17) is 9.47 Å². The summed E-state index contributed by atoms with van der Waals surface area (Å²) in [5.41, 5.74) is -3.53. The summed E-state index contributed by atoms with van der Waals surface area (Å²) in [5, 5.41) is 0. The molecule has 1 N–H and O–H groups in total. The Bertz CT molecular complexity index is 780. The quantitative estimate of drug-likeness (QED) is 0.411. The maximum Gasteiger partial charge on any atom is 0.410 e. The number of amides is 2. The average Bonchev–Trinajstić information content (AvgIpc) is 2.34. The van der Waals surface area contributed by atoms with Crippen LogP contribution < -0.4 is 0 Å². The van der Waals surface area contributed by atoms with Gasteiger partial charge in [-0.3, -0.25) is 9.35 Å². The van der Waals surface area contributed by atoms with Gasteiger partial charge in [0.2, 0.25) is 5.91 Å². The third-order valence-corrected chi connectivity index (χ3v) is 5.43. The fourth-order valence-electron chi connectivity index (χ4n) is 3.26. The number of esters is 1. The van der Waals surface area contributed by atoms with E-state index in [2.05, 4.69) is 0 Å². The lowest BCUT2D eigenvalue weighted by molar-refractivity contribution is -0.183. The fraction of sp³-hybridized carbons (Fsp3) is 0.824. The fourth-order valence-corrected chi connectivity index (χ4v) is 4.24. The molecule has 0 radical (unpaired) electrons. The van der Waals surface area contributed by atoms with E-state index in [0.717, 1.165) is 0 Å². The van der Waals surface area contributed by atoms with Crippen molar-refractivity contribution in [1.29, 1.82) is 0 Å². The molecule has 2 unspecified atom stereocenters. The molecule has 0 aromatic rings. The summed E-state index contributed by atoms with van der Waals surface area (Å²) in [6, 6.07) is -0.528. The number of carbonyl (C=O) groups is 3. The molecule has 2 aliphatic heterocycles. The van der Waals surface area contributed by atoms with E-state index in [1.165, 1.54) is 4.90 Å². The molecule has 2 fully saturated rings. The molecule has 2 saturated heterocycles. The van der Waals surface area contributed by atoms with Crippen molar-refractivity contribution in [3.8, 4) is 0 Å². The zero-order valence-electron chi connectivity index (χ0n) is 17.0. The highest BCUT2D eigenvalue weighted by Crippen LogP contribution is 2.43. The highest BCUT2D eigenvalue weighted by atomic mass is 32.2. The van der Waals surface area contributed by atoms with Crippen LogP contribution in [0.5, 0.6) is 0 Å². The largest absolute Gasteiger partial charge is 0.458 e. The van der Waals surface area contributed by atoms with Gasteiger partial charge in [0.05, 0.1) is 6.42 Å². The molecule has 0 aromatic heterocycles. The van der Waals surface area contributed by atoms with Crippen LogP contribution in [0.3, 0.4) is 0 Å². The predicted molar refractivity (Wildman–Crippen MR) is 97.5 cm³/mol. The standard InChI is InChI=1S/C17H28N2O8S/c1-15(2,3)26-13(21)17(10-12(20)19(17)28(23,24)25)9-11-7-8-18(11)14(22)27-16(4,5)6/h11H,7-10H2,1-6H3,(H,23,24,25). The van der Waals surface area contributed by atoms with Gasteiger partial charge in [-0.05, 0) is 48.0 Å². The molecule has 0 saturated carbocycles. The third kappa shape index (κ3) is 4.57. The van der Waals surface area contributed by atoms with E-state index >= 15 is 0 Å². The van der Waals surface area contributed by atoms with Crippen molar-refractivity contribution in [3.05, 3.63) is 0 Å². The first kappa shape index (κ1) is 22.4. The van der Waals surface area contributed by atoms with Crippen molar-refractivity contribution in [2.45, 2.75) is 83.6 Å². The van der Waals surface area contributed by atoms with E-state index in [9.17, 15) is 27.4 Å². The summed E-state index contributed by atoms with van der Waals surface area (Å²) in [6.45, 7) is 10.3. The lowest BCUT2D eigenvalue weighted by Gasteiger charge is -2.52. The van der Waals surface area contributed by atoms with Gasteiger partial charge in [-0.1, -0.05) is 0 Å². The maximum atomic E-state index is 12.8. The lowest BCUT2D eigenvalue weighted by atomic mass is 9.78. The van der Waals surface area contributed by atoms with Gasteiger partial charge in [0.15, 0.2) is 5.54 Å². The SMILES string of the molecule is CC(C)(C)OC(=O)N1CCC1CC1(C(=O)OC(C)(C)C)CC(=O)N1S(=O)(=O)O. The summed E-state index contributed by atoms with van der Waals surface area (Å²) in [5.74, 6) is -1.84. The van der Waals surface area contributed by atoms with E-state index in [-0.39, 0.29) is 10.7 Å². The Morgan fingerprint density at radius 1 is 1.14 bits per heavy atom. The molecular weight excluding hydrogens is 392 g/mol. The van der Waals surface area contributed by atoms with Crippen LogP contribution in [-0.4, -0.2) is 69.5 Å². The topological polar surface area (TPSA) is 131 Å². The number of hydrogen-bond donors (Lipinski definition) is 1. The third-order valence-electron chi connectivity index (χ3n) is 4.41. The predicted octanol–water partition coefficient (Wildman–Crippen LogP) is 1.50. The molecule has 0 bridgehead atoms. The van der Waals surface area contributed by atoms with Crippen molar-refractivity contribution in [1.82, 2.24) is 9.21 Å². The van der Waals surface area contributed by atoms with E-state index in [1.54, 1.807) is 41.5 Å². The molecular formula is C17H28N2O8S. The zero-order valence-corrected chi connectivity index (χ0v) is 17.8. The van der Waals surface area contributed by atoms with Crippen LogP contribution in [0, 0.1) is 0 Å². The van der Waals surface area contributed by atoms with Crippen molar-refractivity contribution in [3.63, 3.8) is 0 Å². The van der Waals surface area contributed by atoms with Gasteiger partial charge in [0, 0.05) is 19.0 Å². The number of nitrogens with zero attached hydrogens (tertiary/aromatic N) is 2. The van der Waals surface area contributed by atoms with Gasteiger partial charge in [0.25, 0.3) is 0 Å². The van der Waals surface area contributed by atoms with Crippen molar-refractivity contribution in [2.24, 2.45) is 0 Å². The summed E-state index contributed by atoms with van der Waals surface area (Å²) in [4.78, 5) is 38.4. The zero-order chi connectivity index (χ0) is 21.7. The first-order chi connectivity index (χ1) is 12.5. The Morgan fingerprint density at radius 3 is 2.04 bits per heavy atom.